The number of nitrogens with zero attached hydrogens (tertiary/aromatic N) is 1. The van der Waals surface area contributed by atoms with Gasteiger partial charge in [-0.2, -0.15) is 0 Å². The Bertz CT molecular complexity index is 889. The molecule has 2 N–H and O–H groups in total. The summed E-state index contributed by atoms with van der Waals surface area (Å²) in [6.07, 6.45) is 2.06. The summed E-state index contributed by atoms with van der Waals surface area (Å²) in [6.45, 7) is 3.29. The highest BCUT2D eigenvalue weighted by molar-refractivity contribution is 6.32. The molecular weight excluding hydrogens is 432 g/mol. The number of unbranched alkanes of at least 4 members (excludes halogenated alkanes) is 1. The van der Waals surface area contributed by atoms with Crippen molar-refractivity contribution in [3.63, 3.8) is 0 Å². The number of aromatic hydroxyl groups is 1. The quantitative estimate of drug-likeness (QED) is 0.369. The number of nitrogens with one attached hydrogen (secondary N) is 1. The SMILES string of the molecule is CCOC(=O)C(Cc1ccccc1)NC(=O)c1cc(Cl)c(OCCCCN(C)C)cc1O. The lowest BCUT2D eigenvalue weighted by atomic mass is 10.1. The van der Waals surface area contributed by atoms with Crippen LogP contribution in [0.2, 0.25) is 5.02 Å². The van der Waals surface area contributed by atoms with Gasteiger partial charge in [0.2, 0.25) is 0 Å². The Morgan fingerprint density at radius 2 is 1.88 bits per heavy atom. The Morgan fingerprint density at radius 1 is 1.16 bits per heavy atom. The maximum atomic E-state index is 12.8. The predicted molar refractivity (Wildman–Crippen MR) is 124 cm³/mol. The van der Waals surface area contributed by atoms with E-state index < -0.39 is 17.9 Å². The molecule has 8 heteroatoms. The zero-order valence-corrected chi connectivity index (χ0v) is 19.5. The molecule has 0 saturated heterocycles. The molecule has 174 valence electrons. The normalized spacial score (nSPS) is 11.8. The Labute approximate surface area is 194 Å². The third kappa shape index (κ3) is 8.05. The molecule has 0 aliphatic heterocycles. The topological polar surface area (TPSA) is 88.1 Å². The molecule has 1 unspecified atom stereocenters. The van der Waals surface area contributed by atoms with Crippen LogP contribution in [0.25, 0.3) is 0 Å². The molecule has 2 aromatic rings. The van der Waals surface area contributed by atoms with Crippen LogP contribution in [0.15, 0.2) is 42.5 Å². The molecule has 1 atom stereocenters. The largest absolute Gasteiger partial charge is 0.507 e. The molecule has 0 fully saturated rings. The highest BCUT2D eigenvalue weighted by atomic mass is 35.5. The van der Waals surface area contributed by atoms with Gasteiger partial charge >= 0.3 is 5.97 Å². The number of benzene rings is 2. The Morgan fingerprint density at radius 3 is 2.53 bits per heavy atom. The number of carbonyl (C=O) groups is 2. The van der Waals surface area contributed by atoms with Crippen molar-refractivity contribution in [1.82, 2.24) is 10.2 Å². The highest BCUT2D eigenvalue weighted by Gasteiger charge is 2.25. The van der Waals surface area contributed by atoms with E-state index in [1.54, 1.807) is 6.92 Å². The van der Waals surface area contributed by atoms with Crippen LogP contribution < -0.4 is 10.1 Å². The summed E-state index contributed by atoms with van der Waals surface area (Å²) in [5.74, 6) is -1.15. The van der Waals surface area contributed by atoms with E-state index in [-0.39, 0.29) is 29.4 Å². The van der Waals surface area contributed by atoms with E-state index in [2.05, 4.69) is 10.2 Å². The number of phenols is 1. The van der Waals surface area contributed by atoms with Crippen molar-refractivity contribution >= 4 is 23.5 Å². The van der Waals surface area contributed by atoms with Gasteiger partial charge in [-0.3, -0.25) is 4.79 Å². The van der Waals surface area contributed by atoms with Gasteiger partial charge in [0.1, 0.15) is 17.5 Å². The first-order chi connectivity index (χ1) is 15.3. The molecule has 0 saturated carbocycles. The molecule has 0 spiro atoms. The van der Waals surface area contributed by atoms with E-state index in [0.717, 1.165) is 24.9 Å². The summed E-state index contributed by atoms with van der Waals surface area (Å²) in [6, 6.07) is 11.0. The van der Waals surface area contributed by atoms with Crippen molar-refractivity contribution in [2.24, 2.45) is 0 Å². The number of phenolic OH excluding ortho intramolecular Hbond substituents is 1. The summed E-state index contributed by atoms with van der Waals surface area (Å²) < 4.78 is 10.7. The first-order valence-electron chi connectivity index (χ1n) is 10.6. The average molecular weight is 463 g/mol. The Hall–Kier alpha value is -2.77. The summed E-state index contributed by atoms with van der Waals surface area (Å²) in [5, 5.41) is 13.2. The van der Waals surface area contributed by atoms with E-state index in [4.69, 9.17) is 21.1 Å². The fourth-order valence-corrected chi connectivity index (χ4v) is 3.29. The predicted octanol–water partition coefficient (Wildman–Crippen LogP) is 3.67. The third-order valence-electron chi connectivity index (χ3n) is 4.71. The number of hydrogen-bond donors (Lipinski definition) is 2. The monoisotopic (exact) mass is 462 g/mol. The number of rotatable bonds is 12. The van der Waals surface area contributed by atoms with E-state index in [1.165, 1.54) is 12.1 Å². The molecule has 32 heavy (non-hydrogen) atoms. The lowest BCUT2D eigenvalue weighted by molar-refractivity contribution is -0.145. The second kappa shape index (κ2) is 12.9. The van der Waals surface area contributed by atoms with Gasteiger partial charge in [0.25, 0.3) is 5.91 Å². The van der Waals surface area contributed by atoms with Crippen molar-refractivity contribution in [3.8, 4) is 11.5 Å². The van der Waals surface area contributed by atoms with Crippen molar-refractivity contribution in [1.29, 1.82) is 0 Å². The fourth-order valence-electron chi connectivity index (χ4n) is 3.07. The van der Waals surface area contributed by atoms with Crippen molar-refractivity contribution < 1.29 is 24.2 Å². The number of carbonyl (C=O) groups excluding carboxylic acids is 2. The number of amides is 1. The molecular formula is C24H31ClN2O5. The van der Waals surface area contributed by atoms with E-state index in [1.807, 2.05) is 44.4 Å². The number of hydrogen-bond acceptors (Lipinski definition) is 6. The van der Waals surface area contributed by atoms with Gasteiger partial charge in [-0.15, -0.1) is 0 Å². The minimum Gasteiger partial charge on any atom is -0.507 e. The lowest BCUT2D eigenvalue weighted by Crippen LogP contribution is -2.43. The fraction of sp³-hybridized carbons (Fsp3) is 0.417. The molecule has 7 nitrogen and oxygen atoms in total. The van der Waals surface area contributed by atoms with Crippen molar-refractivity contribution in [3.05, 3.63) is 58.6 Å². The van der Waals surface area contributed by atoms with Gasteiger partial charge < -0.3 is 24.8 Å². The maximum absolute atomic E-state index is 12.8. The molecule has 0 aliphatic rings. The van der Waals surface area contributed by atoms with Crippen molar-refractivity contribution in [2.75, 3.05) is 33.9 Å². The van der Waals surface area contributed by atoms with Gasteiger partial charge in [-0.05, 0) is 52.0 Å². The molecule has 0 bridgehead atoms. The van der Waals surface area contributed by atoms with Gasteiger partial charge in [0.15, 0.2) is 0 Å². The van der Waals surface area contributed by atoms with Gasteiger partial charge in [-0.25, -0.2) is 4.79 Å². The summed E-state index contributed by atoms with van der Waals surface area (Å²) in [4.78, 5) is 27.3. The van der Waals surface area contributed by atoms with Gasteiger partial charge in [0, 0.05) is 12.5 Å². The average Bonchev–Trinajstić information content (AvgIpc) is 2.75. The molecule has 0 heterocycles. The second-order valence-corrected chi connectivity index (χ2v) is 8.03. The highest BCUT2D eigenvalue weighted by Crippen LogP contribution is 2.32. The van der Waals surface area contributed by atoms with Crippen LogP contribution >= 0.6 is 11.6 Å². The Balaban J connectivity index is 2.07. The second-order valence-electron chi connectivity index (χ2n) is 7.63. The molecule has 0 aromatic heterocycles. The maximum Gasteiger partial charge on any atom is 0.328 e. The Kier molecular flexibility index (Phi) is 10.3. The van der Waals surface area contributed by atoms with Crippen LogP contribution in [0, 0.1) is 0 Å². The number of esters is 1. The smallest absolute Gasteiger partial charge is 0.328 e. The first-order valence-corrected chi connectivity index (χ1v) is 11.0. The summed E-state index contributed by atoms with van der Waals surface area (Å²) >= 11 is 6.27. The van der Waals surface area contributed by atoms with Crippen LogP contribution in [0.4, 0.5) is 0 Å². The standard InChI is InChI=1S/C24H31ClN2O5/c1-4-31-24(30)20(14-17-10-6-5-7-11-17)26-23(29)18-15-19(25)22(16-21(18)28)32-13-9-8-12-27(2)3/h5-7,10-11,15-16,20,28H,4,8-9,12-14H2,1-3H3,(H,26,29). The minimum absolute atomic E-state index is 0.0442. The molecule has 2 aromatic carbocycles. The van der Waals surface area contributed by atoms with E-state index >= 15 is 0 Å². The molecule has 1 amide bonds. The summed E-state index contributed by atoms with van der Waals surface area (Å²) in [5.41, 5.74) is 0.823. The van der Waals surface area contributed by atoms with Crippen molar-refractivity contribution in [2.45, 2.75) is 32.2 Å². The van der Waals surface area contributed by atoms with Crippen LogP contribution in [0.3, 0.4) is 0 Å². The molecule has 0 aliphatic carbocycles. The first kappa shape index (κ1) is 25.5. The van der Waals surface area contributed by atoms with Crippen LogP contribution in [0.5, 0.6) is 11.5 Å². The van der Waals surface area contributed by atoms with Gasteiger partial charge in [0.05, 0.1) is 23.8 Å². The molecule has 2 rings (SSSR count). The lowest BCUT2D eigenvalue weighted by Gasteiger charge is -2.18. The zero-order valence-electron chi connectivity index (χ0n) is 18.8. The van der Waals surface area contributed by atoms with Crippen LogP contribution in [-0.2, 0) is 16.0 Å². The minimum atomic E-state index is -0.907. The third-order valence-corrected chi connectivity index (χ3v) is 5.01. The van der Waals surface area contributed by atoms with Crippen LogP contribution in [-0.4, -0.2) is 61.8 Å². The van der Waals surface area contributed by atoms with Crippen LogP contribution in [0.1, 0.15) is 35.7 Å². The zero-order chi connectivity index (χ0) is 23.5. The van der Waals surface area contributed by atoms with E-state index in [9.17, 15) is 14.7 Å². The summed E-state index contributed by atoms with van der Waals surface area (Å²) in [7, 11) is 4.01. The number of ether oxygens (including phenoxy) is 2. The van der Waals surface area contributed by atoms with Gasteiger partial charge in [-0.1, -0.05) is 41.9 Å². The number of halogens is 1. The molecule has 0 radical (unpaired) electrons. The van der Waals surface area contributed by atoms with E-state index in [0.29, 0.717) is 12.4 Å².